The first kappa shape index (κ1) is 17.8. The van der Waals surface area contributed by atoms with Gasteiger partial charge in [0.25, 0.3) is 0 Å². The second kappa shape index (κ2) is 6.70. The number of pyridine rings is 1. The molecule has 1 aromatic heterocycles. The minimum atomic E-state index is -3.95. The number of alkyl halides is 3. The van der Waals surface area contributed by atoms with Gasteiger partial charge in [-0.1, -0.05) is 23.7 Å². The third-order valence-electron chi connectivity index (χ3n) is 3.79. The highest BCUT2D eigenvalue weighted by Gasteiger charge is 2.51. The van der Waals surface area contributed by atoms with E-state index in [0.717, 1.165) is 4.90 Å². The Morgan fingerprint density at radius 3 is 2.80 bits per heavy atom. The maximum atomic E-state index is 14.1. The molecule has 1 aliphatic rings. The normalized spacial score (nSPS) is 19.9. The Morgan fingerprint density at radius 1 is 1.36 bits per heavy atom. The van der Waals surface area contributed by atoms with Crippen molar-refractivity contribution in [2.75, 3.05) is 11.6 Å². The van der Waals surface area contributed by atoms with Crippen LogP contribution < -0.4 is 9.64 Å². The Morgan fingerprint density at radius 2 is 2.12 bits per heavy atom. The Kier molecular flexibility index (Phi) is 4.77. The fourth-order valence-corrected chi connectivity index (χ4v) is 2.83. The summed E-state index contributed by atoms with van der Waals surface area (Å²) in [6, 6.07) is 5.70. The second-order valence-corrected chi connectivity index (χ2v) is 5.98. The van der Waals surface area contributed by atoms with Gasteiger partial charge in [0, 0.05) is 24.5 Å². The highest BCUT2D eigenvalue weighted by Crippen LogP contribution is 2.45. The number of ether oxygens (including phenoxy) is 1. The van der Waals surface area contributed by atoms with Crippen LogP contribution in [0.1, 0.15) is 17.2 Å². The average molecular weight is 375 g/mol. The molecule has 2 aromatic rings. The van der Waals surface area contributed by atoms with Crippen molar-refractivity contribution in [2.45, 2.75) is 25.0 Å². The fraction of sp³-hybridized carbons (Fsp3) is 0.312. The van der Waals surface area contributed by atoms with Gasteiger partial charge in [-0.05, 0) is 17.7 Å². The lowest BCUT2D eigenvalue weighted by Gasteiger charge is -2.40. The van der Waals surface area contributed by atoms with Gasteiger partial charge >= 0.3 is 6.11 Å². The number of aliphatic hydroxyl groups is 2. The molecule has 0 spiro atoms. The number of rotatable bonds is 4. The van der Waals surface area contributed by atoms with Crippen LogP contribution in [-0.2, 0) is 6.54 Å². The van der Waals surface area contributed by atoms with Crippen LogP contribution in [0.15, 0.2) is 36.7 Å². The molecule has 9 heteroatoms. The predicted molar refractivity (Wildman–Crippen MR) is 84.4 cm³/mol. The number of hydrogen-bond donors (Lipinski definition) is 2. The number of aromatic nitrogens is 1. The van der Waals surface area contributed by atoms with Crippen LogP contribution in [0.2, 0.25) is 5.02 Å². The quantitative estimate of drug-likeness (QED) is 0.861. The molecule has 0 bridgehead atoms. The zero-order valence-corrected chi connectivity index (χ0v) is 13.5. The molecular weight excluding hydrogens is 361 g/mol. The molecule has 0 radical (unpaired) electrons. The van der Waals surface area contributed by atoms with Gasteiger partial charge in [0.2, 0.25) is 6.23 Å². The Balaban J connectivity index is 2.07. The van der Waals surface area contributed by atoms with Gasteiger partial charge in [0.05, 0.1) is 10.7 Å². The van der Waals surface area contributed by atoms with Gasteiger partial charge < -0.3 is 19.8 Å². The number of aliphatic hydroxyl groups excluding tert-OH is 2. The lowest BCUT2D eigenvalue weighted by molar-refractivity contribution is -0.246. The number of halogens is 4. The van der Waals surface area contributed by atoms with E-state index in [4.69, 9.17) is 11.6 Å². The van der Waals surface area contributed by atoms with E-state index < -0.39 is 25.1 Å². The molecule has 2 N–H and O–H groups in total. The number of para-hydroxylation sites is 1. The van der Waals surface area contributed by atoms with Crippen LogP contribution >= 0.6 is 11.6 Å². The minimum Gasteiger partial charge on any atom is -0.427 e. The summed E-state index contributed by atoms with van der Waals surface area (Å²) in [7, 11) is 0. The minimum absolute atomic E-state index is 0.100. The van der Waals surface area contributed by atoms with E-state index in [0.29, 0.717) is 10.6 Å². The van der Waals surface area contributed by atoms with E-state index in [1.54, 1.807) is 0 Å². The Labute approximate surface area is 146 Å². The zero-order chi connectivity index (χ0) is 18.2. The van der Waals surface area contributed by atoms with Gasteiger partial charge in [0.15, 0.2) is 5.75 Å². The molecule has 0 saturated heterocycles. The summed E-state index contributed by atoms with van der Waals surface area (Å²) in [5.74, 6) is -0.377. The summed E-state index contributed by atoms with van der Waals surface area (Å²) in [5, 5.41) is 20.1. The fourth-order valence-electron chi connectivity index (χ4n) is 2.64. The zero-order valence-electron chi connectivity index (χ0n) is 12.7. The van der Waals surface area contributed by atoms with Gasteiger partial charge in [-0.15, -0.1) is 0 Å². The maximum absolute atomic E-state index is 14.1. The van der Waals surface area contributed by atoms with Crippen molar-refractivity contribution in [1.29, 1.82) is 0 Å². The maximum Gasteiger partial charge on any atom is 0.444 e. The molecule has 2 unspecified atom stereocenters. The van der Waals surface area contributed by atoms with Gasteiger partial charge in [-0.3, -0.25) is 4.98 Å². The van der Waals surface area contributed by atoms with Crippen LogP contribution in [0, 0.1) is 0 Å². The molecule has 3 rings (SSSR count). The van der Waals surface area contributed by atoms with E-state index in [9.17, 15) is 23.4 Å². The second-order valence-electron chi connectivity index (χ2n) is 5.54. The highest BCUT2D eigenvalue weighted by atomic mass is 35.5. The molecule has 1 aromatic carbocycles. The average Bonchev–Trinajstić information content (AvgIpc) is 2.57. The molecule has 25 heavy (non-hydrogen) atoms. The molecule has 0 aliphatic carbocycles. The molecule has 134 valence electrons. The predicted octanol–water partition coefficient (Wildman–Crippen LogP) is 3.05. The first-order chi connectivity index (χ1) is 11.8. The lowest BCUT2D eigenvalue weighted by Crippen LogP contribution is -2.54. The lowest BCUT2D eigenvalue weighted by atomic mass is 10.0. The van der Waals surface area contributed by atoms with Gasteiger partial charge in [-0.2, -0.15) is 8.78 Å². The molecule has 1 aliphatic heterocycles. The standard InChI is InChI=1S/C16H14ClF3N2O3/c17-10-4-9(6-21-7-10)8-22-12-3-1-2-11(13(23)5-18)14(12)25-16(19,20)15(22)24/h1-4,6-7,13,15,23-24H,5,8H2. The first-order valence-electron chi connectivity index (χ1n) is 7.31. The molecule has 0 amide bonds. The summed E-state index contributed by atoms with van der Waals surface area (Å²) in [6.45, 7) is -1.30. The van der Waals surface area contributed by atoms with Crippen LogP contribution in [0.25, 0.3) is 0 Å². The van der Waals surface area contributed by atoms with Crippen molar-refractivity contribution in [3.05, 3.63) is 52.8 Å². The number of hydrogen-bond acceptors (Lipinski definition) is 5. The number of fused-ring (bicyclic) bond motifs is 1. The summed E-state index contributed by atoms with van der Waals surface area (Å²) in [4.78, 5) is 4.86. The molecule has 2 atom stereocenters. The van der Waals surface area contributed by atoms with E-state index in [1.807, 2.05) is 0 Å². The summed E-state index contributed by atoms with van der Waals surface area (Å²) < 4.78 is 45.7. The Hall–Kier alpha value is -2.03. The first-order valence-corrected chi connectivity index (χ1v) is 7.69. The Bertz CT molecular complexity index is 778. The van der Waals surface area contributed by atoms with E-state index in [-0.39, 0.29) is 23.5 Å². The molecule has 0 saturated carbocycles. The van der Waals surface area contributed by atoms with Crippen molar-refractivity contribution in [1.82, 2.24) is 4.98 Å². The van der Waals surface area contributed by atoms with Crippen molar-refractivity contribution in [3.63, 3.8) is 0 Å². The van der Waals surface area contributed by atoms with Crippen molar-refractivity contribution >= 4 is 17.3 Å². The largest absolute Gasteiger partial charge is 0.444 e. The van der Waals surface area contributed by atoms with Crippen molar-refractivity contribution < 1.29 is 28.1 Å². The smallest absolute Gasteiger partial charge is 0.427 e. The van der Waals surface area contributed by atoms with E-state index in [2.05, 4.69) is 9.72 Å². The van der Waals surface area contributed by atoms with Crippen LogP contribution in [0.4, 0.5) is 18.9 Å². The molecule has 0 fully saturated rings. The number of benzene rings is 1. The molecule has 2 heterocycles. The van der Waals surface area contributed by atoms with Crippen molar-refractivity contribution in [3.8, 4) is 5.75 Å². The third kappa shape index (κ3) is 3.37. The van der Waals surface area contributed by atoms with Gasteiger partial charge in [0.1, 0.15) is 12.8 Å². The summed E-state index contributed by atoms with van der Waals surface area (Å²) in [5.41, 5.74) is 0.454. The van der Waals surface area contributed by atoms with Gasteiger partial charge in [-0.25, -0.2) is 4.39 Å². The van der Waals surface area contributed by atoms with Crippen LogP contribution in [-0.4, -0.2) is 34.2 Å². The van der Waals surface area contributed by atoms with Crippen LogP contribution in [0.5, 0.6) is 5.75 Å². The SMILES string of the molecule is OC(CF)c1cccc2c1OC(F)(F)C(O)N2Cc1cncc(Cl)c1. The molecular formula is C16H14ClF3N2O3. The third-order valence-corrected chi connectivity index (χ3v) is 3.99. The van der Waals surface area contributed by atoms with Crippen molar-refractivity contribution in [2.24, 2.45) is 0 Å². The topological polar surface area (TPSA) is 65.8 Å². The summed E-state index contributed by atoms with van der Waals surface area (Å²) >= 11 is 5.85. The van der Waals surface area contributed by atoms with Crippen LogP contribution in [0.3, 0.4) is 0 Å². The number of nitrogens with zero attached hydrogens (tertiary/aromatic N) is 2. The van der Waals surface area contributed by atoms with E-state index in [1.165, 1.54) is 36.7 Å². The summed E-state index contributed by atoms with van der Waals surface area (Å²) in [6.07, 6.45) is -5.04. The number of anilines is 1. The molecule has 5 nitrogen and oxygen atoms in total. The van der Waals surface area contributed by atoms with E-state index >= 15 is 0 Å². The highest BCUT2D eigenvalue weighted by molar-refractivity contribution is 6.30. The monoisotopic (exact) mass is 374 g/mol.